The van der Waals surface area contributed by atoms with Gasteiger partial charge in [0, 0.05) is 38.0 Å². The lowest BCUT2D eigenvalue weighted by Crippen LogP contribution is -2.36. The van der Waals surface area contributed by atoms with Crippen molar-refractivity contribution in [1.29, 1.82) is 5.41 Å². The molecule has 0 radical (unpaired) electrons. The Labute approximate surface area is 247 Å². The first-order valence-electron chi connectivity index (χ1n) is 13.9. The zero-order valence-corrected chi connectivity index (χ0v) is 25.1. The van der Waals surface area contributed by atoms with Crippen LogP contribution < -0.4 is 10.0 Å². The van der Waals surface area contributed by atoms with Crippen LogP contribution in [0.1, 0.15) is 36.7 Å². The molecule has 0 unspecified atom stereocenters. The van der Waals surface area contributed by atoms with Gasteiger partial charge in [0.1, 0.15) is 11.7 Å². The van der Waals surface area contributed by atoms with Crippen LogP contribution in [0, 0.1) is 5.41 Å². The molecule has 0 bridgehead atoms. The van der Waals surface area contributed by atoms with Crippen molar-refractivity contribution in [3.8, 4) is 0 Å². The molecule has 3 aromatic carbocycles. The molecular weight excluding hydrogens is 552 g/mol. The van der Waals surface area contributed by atoms with E-state index in [9.17, 15) is 13.2 Å². The molecule has 4 rings (SSSR count). The molecule has 222 valence electrons. The van der Waals surface area contributed by atoms with Gasteiger partial charge in [0.25, 0.3) is 10.0 Å². The van der Waals surface area contributed by atoms with Crippen molar-refractivity contribution in [1.82, 2.24) is 14.5 Å². The van der Waals surface area contributed by atoms with Crippen molar-refractivity contribution in [3.63, 3.8) is 0 Å². The summed E-state index contributed by atoms with van der Waals surface area (Å²) in [6.45, 7) is 3.48. The van der Waals surface area contributed by atoms with E-state index < -0.39 is 10.0 Å². The highest BCUT2D eigenvalue weighted by atomic mass is 32.2. The highest BCUT2D eigenvalue weighted by Gasteiger charge is 2.26. The summed E-state index contributed by atoms with van der Waals surface area (Å²) in [4.78, 5) is 19.1. The molecule has 0 aliphatic carbocycles. The first kappa shape index (κ1) is 30.7. The first-order chi connectivity index (χ1) is 20.1. The van der Waals surface area contributed by atoms with E-state index in [-0.39, 0.29) is 29.7 Å². The number of hydrogen-bond donors (Lipinski definition) is 2. The van der Waals surface area contributed by atoms with Gasteiger partial charge in [-0.25, -0.2) is 13.4 Å². The Kier molecular flexibility index (Phi) is 9.97. The van der Waals surface area contributed by atoms with Crippen LogP contribution in [0.3, 0.4) is 0 Å². The second kappa shape index (κ2) is 13.6. The van der Waals surface area contributed by atoms with Crippen molar-refractivity contribution in [2.75, 3.05) is 38.1 Å². The van der Waals surface area contributed by atoms with Crippen molar-refractivity contribution in [2.45, 2.75) is 37.6 Å². The third-order valence-electron chi connectivity index (χ3n) is 6.88. The molecule has 0 amide bonds. The average Bonchev–Trinajstić information content (AvgIpc) is 3.29. The zero-order valence-electron chi connectivity index (χ0n) is 24.3. The van der Waals surface area contributed by atoms with Gasteiger partial charge in [0.15, 0.2) is 0 Å². The molecule has 0 fully saturated rings. The predicted octanol–water partition coefficient (Wildman–Crippen LogP) is 4.01. The number of sulfonamides is 1. The molecular formula is C31H38N6O4S. The second-order valence-electron chi connectivity index (χ2n) is 10.2. The number of likely N-dealkylation sites (N-methyl/N-ethyl adjacent to an activating group) is 1. The van der Waals surface area contributed by atoms with Crippen LogP contribution in [-0.4, -0.2) is 68.5 Å². The lowest BCUT2D eigenvalue weighted by atomic mass is 10.1. The maximum Gasteiger partial charge on any atom is 0.305 e. The number of hydrogen-bond acceptors (Lipinski definition) is 7. The number of ether oxygens (including phenoxy) is 1. The molecule has 1 aromatic heterocycles. The fourth-order valence-corrected chi connectivity index (χ4v) is 6.17. The predicted molar refractivity (Wildman–Crippen MR) is 165 cm³/mol. The Morgan fingerprint density at radius 1 is 1.02 bits per heavy atom. The Balaban J connectivity index is 1.73. The Morgan fingerprint density at radius 3 is 2.38 bits per heavy atom. The fraction of sp³-hybridized carbons (Fsp3) is 0.323. The Morgan fingerprint density at radius 2 is 1.74 bits per heavy atom. The van der Waals surface area contributed by atoms with E-state index in [1.165, 1.54) is 4.31 Å². The molecule has 3 N–H and O–H groups in total. The number of fused-ring (bicyclic) bond motifs is 1. The van der Waals surface area contributed by atoms with E-state index in [0.717, 1.165) is 16.9 Å². The molecule has 0 aliphatic heterocycles. The fourth-order valence-electron chi connectivity index (χ4n) is 4.71. The molecule has 0 spiro atoms. The van der Waals surface area contributed by atoms with E-state index in [2.05, 4.69) is 4.57 Å². The number of nitrogen functional groups attached to an aromatic ring is 1. The maximum absolute atomic E-state index is 13.7. The van der Waals surface area contributed by atoms with Crippen LogP contribution in [0.2, 0.25) is 0 Å². The number of nitrogens with zero attached hydrogens (tertiary/aromatic N) is 4. The molecule has 0 atom stereocenters. The van der Waals surface area contributed by atoms with Crippen molar-refractivity contribution >= 4 is 38.5 Å². The molecule has 0 aliphatic rings. The number of aromatic nitrogens is 2. The maximum atomic E-state index is 13.7. The summed E-state index contributed by atoms with van der Waals surface area (Å²) in [6.07, 6.45) is 1.36. The molecule has 0 saturated carbocycles. The normalized spacial score (nSPS) is 11.6. The quantitative estimate of drug-likeness (QED) is 0.129. The smallest absolute Gasteiger partial charge is 0.305 e. The lowest BCUT2D eigenvalue weighted by molar-refractivity contribution is -0.143. The largest absolute Gasteiger partial charge is 0.466 e. The molecule has 11 heteroatoms. The summed E-state index contributed by atoms with van der Waals surface area (Å²) in [5.74, 6) is 0.546. The van der Waals surface area contributed by atoms with Crippen molar-refractivity contribution in [3.05, 3.63) is 89.7 Å². The number of nitrogens with one attached hydrogen (secondary N) is 1. The summed E-state index contributed by atoms with van der Waals surface area (Å²) in [6, 6.07) is 21.4. The van der Waals surface area contributed by atoms with Crippen LogP contribution in [0.4, 0.5) is 5.69 Å². The second-order valence-corrected chi connectivity index (χ2v) is 12.1. The number of anilines is 1. The van der Waals surface area contributed by atoms with Gasteiger partial charge in [-0.05, 0) is 63.3 Å². The molecule has 10 nitrogen and oxygen atoms in total. The number of rotatable bonds is 14. The zero-order chi connectivity index (χ0) is 30.3. The van der Waals surface area contributed by atoms with Crippen LogP contribution in [0.5, 0.6) is 0 Å². The minimum atomic E-state index is -3.82. The summed E-state index contributed by atoms with van der Waals surface area (Å²) in [7, 11) is -0.00459. The molecule has 0 saturated heterocycles. The average molecular weight is 591 g/mol. The number of aryl methyl sites for hydroxylation is 1. The van der Waals surface area contributed by atoms with E-state index in [1.54, 1.807) is 49.4 Å². The van der Waals surface area contributed by atoms with Crippen LogP contribution in [0.25, 0.3) is 11.0 Å². The minimum Gasteiger partial charge on any atom is -0.466 e. The summed E-state index contributed by atoms with van der Waals surface area (Å²) in [5.41, 5.74) is 9.29. The van der Waals surface area contributed by atoms with Gasteiger partial charge in [-0.1, -0.05) is 42.5 Å². The van der Waals surface area contributed by atoms with Gasteiger partial charge < -0.3 is 19.9 Å². The number of imidazole rings is 1. The first-order valence-corrected chi connectivity index (χ1v) is 15.3. The summed E-state index contributed by atoms with van der Waals surface area (Å²) in [5, 5.41) is 7.66. The molecule has 1 heterocycles. The summed E-state index contributed by atoms with van der Waals surface area (Å²) < 4.78 is 36.1. The standard InChI is InChI=1S/C31H38N6O4S/c1-4-41-30(38)11-8-18-36-28-17-16-25(37(20-19-35(2)3)42(39,40)26-9-6-5-7-10-26)22-27(28)34-29(36)21-23-12-14-24(15-13-23)31(32)33/h5-7,9-10,12-17,22H,4,8,11,18-21H2,1-3H3,(H3,32,33). The van der Waals surface area contributed by atoms with Gasteiger partial charge in [-0.3, -0.25) is 14.5 Å². The van der Waals surface area contributed by atoms with Crippen molar-refractivity contribution in [2.24, 2.45) is 5.73 Å². The minimum absolute atomic E-state index is 0.00422. The lowest BCUT2D eigenvalue weighted by Gasteiger charge is -2.26. The third kappa shape index (κ3) is 7.34. The van der Waals surface area contributed by atoms with E-state index >= 15 is 0 Å². The number of benzene rings is 3. The topological polar surface area (TPSA) is 135 Å². The summed E-state index contributed by atoms with van der Waals surface area (Å²) >= 11 is 0. The van der Waals surface area contributed by atoms with Gasteiger partial charge >= 0.3 is 5.97 Å². The number of carbonyl (C=O) groups excluding carboxylic acids is 1. The highest BCUT2D eigenvalue weighted by molar-refractivity contribution is 7.92. The molecule has 4 aromatic rings. The van der Waals surface area contributed by atoms with Gasteiger partial charge in [-0.2, -0.15) is 0 Å². The number of amidine groups is 1. The number of carbonyl (C=O) groups is 1. The number of esters is 1. The van der Waals surface area contributed by atoms with Crippen LogP contribution in [0.15, 0.2) is 77.7 Å². The monoisotopic (exact) mass is 590 g/mol. The van der Waals surface area contributed by atoms with Crippen LogP contribution >= 0.6 is 0 Å². The molecule has 42 heavy (non-hydrogen) atoms. The Hall–Kier alpha value is -4.22. The van der Waals surface area contributed by atoms with Gasteiger partial charge in [0.2, 0.25) is 0 Å². The number of nitrogens with two attached hydrogens (primary N) is 1. The Bertz CT molecular complexity index is 1630. The van der Waals surface area contributed by atoms with Gasteiger partial charge in [0.05, 0.1) is 28.2 Å². The van der Waals surface area contributed by atoms with E-state index in [0.29, 0.717) is 49.3 Å². The van der Waals surface area contributed by atoms with Crippen molar-refractivity contribution < 1.29 is 17.9 Å². The van der Waals surface area contributed by atoms with E-state index in [1.807, 2.05) is 49.3 Å². The van der Waals surface area contributed by atoms with Gasteiger partial charge in [-0.15, -0.1) is 0 Å². The SMILES string of the molecule is CCOC(=O)CCCn1c(Cc2ccc(C(=N)N)cc2)nc2cc(N(CCN(C)C)S(=O)(=O)c3ccccc3)ccc21. The highest BCUT2D eigenvalue weighted by Crippen LogP contribution is 2.29. The van der Waals surface area contributed by atoms with E-state index in [4.69, 9.17) is 20.9 Å². The van der Waals surface area contributed by atoms with Crippen LogP contribution in [-0.2, 0) is 32.5 Å². The third-order valence-corrected chi connectivity index (χ3v) is 8.72.